The molecule has 0 N–H and O–H groups in total. The summed E-state index contributed by atoms with van der Waals surface area (Å²) < 4.78 is 15.6. The molecule has 0 fully saturated rings. The van der Waals surface area contributed by atoms with Gasteiger partial charge in [-0.05, 0) is 36.6 Å². The number of halogens is 1. The Morgan fingerprint density at radius 3 is 2.73 bits per heavy atom. The lowest BCUT2D eigenvalue weighted by Gasteiger charge is -2.09. The molecule has 0 aliphatic carbocycles. The molecule has 0 bridgehead atoms. The Labute approximate surface area is 131 Å². The van der Waals surface area contributed by atoms with Crippen molar-refractivity contribution in [2.24, 2.45) is 0 Å². The summed E-state index contributed by atoms with van der Waals surface area (Å²) in [6, 6.07) is 13.9. The predicted molar refractivity (Wildman–Crippen MR) is 83.9 cm³/mol. The van der Waals surface area contributed by atoms with Gasteiger partial charge in [0.25, 0.3) is 0 Å². The average molecular weight is 313 g/mol. The third-order valence-electron chi connectivity index (χ3n) is 3.23. The van der Waals surface area contributed by atoms with Crippen LogP contribution in [0.1, 0.15) is 10.5 Å². The lowest BCUT2D eigenvalue weighted by molar-refractivity contribution is 0.111. The topological polar surface area (TPSA) is 47.8 Å². The summed E-state index contributed by atoms with van der Waals surface area (Å²) in [5.74, 6) is -0.421. The van der Waals surface area contributed by atoms with Gasteiger partial charge in [0.05, 0.1) is 5.69 Å². The van der Waals surface area contributed by atoms with Crippen LogP contribution >= 0.6 is 11.8 Å². The first-order valence-electron chi connectivity index (χ1n) is 6.55. The number of hydrogen-bond acceptors (Lipinski definition) is 4. The van der Waals surface area contributed by atoms with Crippen molar-refractivity contribution < 1.29 is 9.18 Å². The van der Waals surface area contributed by atoms with Crippen LogP contribution in [0.4, 0.5) is 4.39 Å². The number of aromatic nitrogens is 3. The van der Waals surface area contributed by atoms with Crippen molar-refractivity contribution in [3.05, 3.63) is 60.0 Å². The van der Waals surface area contributed by atoms with E-state index in [2.05, 4.69) is 10.3 Å². The Hall–Kier alpha value is -2.47. The second-order valence-electron chi connectivity index (χ2n) is 4.53. The molecule has 4 nitrogen and oxygen atoms in total. The van der Waals surface area contributed by atoms with Crippen LogP contribution in [-0.2, 0) is 0 Å². The Balaban J connectivity index is 2.24. The van der Waals surface area contributed by atoms with Crippen molar-refractivity contribution in [3.63, 3.8) is 0 Å². The molecule has 0 spiro atoms. The first kappa shape index (κ1) is 14.5. The molecule has 1 heterocycles. The molecule has 110 valence electrons. The highest BCUT2D eigenvalue weighted by molar-refractivity contribution is 7.98. The van der Waals surface area contributed by atoms with Crippen LogP contribution in [0.5, 0.6) is 0 Å². The molecular formula is C16H12FN3OS. The van der Waals surface area contributed by atoms with Gasteiger partial charge in [-0.3, -0.25) is 4.79 Å². The van der Waals surface area contributed by atoms with Gasteiger partial charge in [-0.2, -0.15) is 0 Å². The molecule has 0 atom stereocenters. The Bertz CT molecular complexity index is 832. The van der Waals surface area contributed by atoms with E-state index >= 15 is 0 Å². The summed E-state index contributed by atoms with van der Waals surface area (Å²) in [6.07, 6.45) is 2.55. The van der Waals surface area contributed by atoms with Gasteiger partial charge in [0, 0.05) is 10.5 Å². The number of benzene rings is 2. The second kappa shape index (κ2) is 6.11. The standard InChI is InChI=1S/C16H12FN3OS/c1-22-12-6-4-5-11(9-12)20-16(15(10-21)18-19-20)13-7-2-3-8-14(13)17/h2-10H,1H3. The van der Waals surface area contributed by atoms with Crippen molar-refractivity contribution >= 4 is 18.0 Å². The van der Waals surface area contributed by atoms with E-state index in [4.69, 9.17) is 0 Å². The number of carbonyl (C=O) groups excluding carboxylic acids is 1. The fraction of sp³-hybridized carbons (Fsp3) is 0.0625. The molecule has 2 aromatic carbocycles. The van der Waals surface area contributed by atoms with E-state index in [1.54, 1.807) is 30.0 Å². The Morgan fingerprint density at radius 2 is 2.00 bits per heavy atom. The SMILES string of the molecule is CSc1cccc(-n2nnc(C=O)c2-c2ccccc2F)c1. The van der Waals surface area contributed by atoms with Gasteiger partial charge in [-0.15, -0.1) is 16.9 Å². The quantitative estimate of drug-likeness (QED) is 0.545. The van der Waals surface area contributed by atoms with Gasteiger partial charge in [0.15, 0.2) is 12.0 Å². The minimum atomic E-state index is -0.421. The van der Waals surface area contributed by atoms with Gasteiger partial charge in [-0.25, -0.2) is 9.07 Å². The molecule has 0 aliphatic rings. The highest BCUT2D eigenvalue weighted by Crippen LogP contribution is 2.28. The van der Waals surface area contributed by atoms with E-state index in [1.807, 2.05) is 30.5 Å². The lowest BCUT2D eigenvalue weighted by atomic mass is 10.1. The van der Waals surface area contributed by atoms with Crippen molar-refractivity contribution in [1.29, 1.82) is 0 Å². The molecule has 3 rings (SSSR count). The maximum absolute atomic E-state index is 14.1. The highest BCUT2D eigenvalue weighted by Gasteiger charge is 2.18. The zero-order chi connectivity index (χ0) is 15.5. The van der Waals surface area contributed by atoms with Crippen molar-refractivity contribution in [1.82, 2.24) is 15.0 Å². The number of thioether (sulfide) groups is 1. The zero-order valence-corrected chi connectivity index (χ0v) is 12.5. The van der Waals surface area contributed by atoms with E-state index in [-0.39, 0.29) is 5.69 Å². The molecule has 1 aromatic heterocycles. The third-order valence-corrected chi connectivity index (χ3v) is 3.96. The van der Waals surface area contributed by atoms with Crippen LogP contribution in [0.25, 0.3) is 16.9 Å². The summed E-state index contributed by atoms with van der Waals surface area (Å²) >= 11 is 1.59. The number of rotatable bonds is 4. The van der Waals surface area contributed by atoms with Gasteiger partial charge < -0.3 is 0 Å². The second-order valence-corrected chi connectivity index (χ2v) is 5.41. The summed E-state index contributed by atoms with van der Waals surface area (Å²) in [5, 5.41) is 7.87. The average Bonchev–Trinajstić information content (AvgIpc) is 2.99. The first-order valence-corrected chi connectivity index (χ1v) is 7.77. The smallest absolute Gasteiger partial charge is 0.172 e. The number of aldehydes is 1. The lowest BCUT2D eigenvalue weighted by Crippen LogP contribution is -2.01. The maximum Gasteiger partial charge on any atom is 0.172 e. The van der Waals surface area contributed by atoms with Crippen LogP contribution in [0.3, 0.4) is 0 Å². The zero-order valence-electron chi connectivity index (χ0n) is 11.7. The molecule has 0 saturated carbocycles. The largest absolute Gasteiger partial charge is 0.296 e. The fourth-order valence-corrected chi connectivity index (χ4v) is 2.65. The third kappa shape index (κ3) is 2.53. The number of hydrogen-bond donors (Lipinski definition) is 0. The molecule has 22 heavy (non-hydrogen) atoms. The van der Waals surface area contributed by atoms with E-state index in [0.717, 1.165) is 10.6 Å². The number of carbonyl (C=O) groups is 1. The highest BCUT2D eigenvalue weighted by atomic mass is 32.2. The summed E-state index contributed by atoms with van der Waals surface area (Å²) in [7, 11) is 0. The van der Waals surface area contributed by atoms with Gasteiger partial charge in [-0.1, -0.05) is 23.4 Å². The Kier molecular flexibility index (Phi) is 4.02. The molecule has 0 radical (unpaired) electrons. The number of nitrogens with zero attached hydrogens (tertiary/aromatic N) is 3. The Morgan fingerprint density at radius 1 is 1.18 bits per heavy atom. The molecule has 0 aliphatic heterocycles. The molecule has 3 aromatic rings. The van der Waals surface area contributed by atoms with Gasteiger partial charge >= 0.3 is 0 Å². The van der Waals surface area contributed by atoms with E-state index in [9.17, 15) is 9.18 Å². The summed E-state index contributed by atoms with van der Waals surface area (Å²) in [4.78, 5) is 12.3. The minimum absolute atomic E-state index is 0.111. The van der Waals surface area contributed by atoms with Crippen molar-refractivity contribution in [3.8, 4) is 16.9 Å². The molecule has 0 unspecified atom stereocenters. The first-order chi connectivity index (χ1) is 10.7. The van der Waals surface area contributed by atoms with E-state index in [1.165, 1.54) is 10.7 Å². The van der Waals surface area contributed by atoms with Crippen LogP contribution < -0.4 is 0 Å². The van der Waals surface area contributed by atoms with Gasteiger partial charge in [0.2, 0.25) is 0 Å². The minimum Gasteiger partial charge on any atom is -0.296 e. The molecular weight excluding hydrogens is 301 g/mol. The normalized spacial score (nSPS) is 10.6. The molecule has 0 amide bonds. The van der Waals surface area contributed by atoms with E-state index < -0.39 is 5.82 Å². The van der Waals surface area contributed by atoms with Crippen LogP contribution in [0.2, 0.25) is 0 Å². The summed E-state index contributed by atoms with van der Waals surface area (Å²) in [6.45, 7) is 0. The molecule has 6 heteroatoms. The van der Waals surface area contributed by atoms with Gasteiger partial charge in [0.1, 0.15) is 11.5 Å². The van der Waals surface area contributed by atoms with E-state index in [0.29, 0.717) is 17.5 Å². The van der Waals surface area contributed by atoms with Crippen molar-refractivity contribution in [2.75, 3.05) is 6.26 Å². The van der Waals surface area contributed by atoms with Crippen LogP contribution in [0.15, 0.2) is 53.4 Å². The molecule has 0 saturated heterocycles. The van der Waals surface area contributed by atoms with Crippen LogP contribution in [0, 0.1) is 5.82 Å². The monoisotopic (exact) mass is 313 g/mol. The maximum atomic E-state index is 14.1. The summed E-state index contributed by atoms with van der Waals surface area (Å²) in [5.41, 5.74) is 1.49. The van der Waals surface area contributed by atoms with Crippen LogP contribution in [-0.4, -0.2) is 27.5 Å². The van der Waals surface area contributed by atoms with Crippen molar-refractivity contribution in [2.45, 2.75) is 4.90 Å². The predicted octanol–water partition coefficient (Wildman–Crippen LogP) is 3.61. The fourth-order valence-electron chi connectivity index (χ4n) is 2.20.